The van der Waals surface area contributed by atoms with Crippen LogP contribution in [0.2, 0.25) is 0 Å². The molecule has 20 heavy (non-hydrogen) atoms. The van der Waals surface area contributed by atoms with Crippen molar-refractivity contribution in [3.8, 4) is 5.75 Å². The number of ether oxygens (including phenoxy) is 1. The molecule has 0 saturated carbocycles. The lowest BCUT2D eigenvalue weighted by atomic mass is 10.1. The zero-order valence-corrected chi connectivity index (χ0v) is 11.1. The molecule has 2 aromatic rings. The van der Waals surface area contributed by atoms with Crippen molar-refractivity contribution >= 4 is 5.69 Å². The van der Waals surface area contributed by atoms with Crippen molar-refractivity contribution in [3.63, 3.8) is 0 Å². The lowest BCUT2D eigenvalue weighted by molar-refractivity contribution is 0.414. The van der Waals surface area contributed by atoms with Crippen molar-refractivity contribution in [3.05, 3.63) is 59.7 Å². The van der Waals surface area contributed by atoms with E-state index in [0.717, 1.165) is 0 Å². The van der Waals surface area contributed by atoms with Crippen molar-refractivity contribution < 1.29 is 13.5 Å². The molecule has 2 rings (SSSR count). The highest BCUT2D eigenvalue weighted by atomic mass is 19.1. The van der Waals surface area contributed by atoms with Crippen LogP contribution in [-0.4, -0.2) is 13.7 Å². The Morgan fingerprint density at radius 1 is 1.20 bits per heavy atom. The minimum absolute atomic E-state index is 0.208. The molecule has 0 bridgehead atoms. The molecule has 0 aliphatic rings. The fourth-order valence-corrected chi connectivity index (χ4v) is 1.93. The van der Waals surface area contributed by atoms with Gasteiger partial charge in [0, 0.05) is 12.6 Å². The number of anilines is 1. The standard InChI is InChI=1S/C15H16F2N2O/c1-20-12-5-6-13(17)14(8-12)19-15(9-18)10-3-2-4-11(16)7-10/h2-8,15,19H,9,18H2,1H3. The number of nitrogens with two attached hydrogens (primary N) is 1. The number of hydrogen-bond donors (Lipinski definition) is 2. The summed E-state index contributed by atoms with van der Waals surface area (Å²) < 4.78 is 32.1. The third kappa shape index (κ3) is 3.24. The molecule has 106 valence electrons. The second-order valence-electron chi connectivity index (χ2n) is 4.33. The van der Waals surface area contributed by atoms with E-state index in [1.54, 1.807) is 12.1 Å². The van der Waals surface area contributed by atoms with E-state index in [4.69, 9.17) is 10.5 Å². The monoisotopic (exact) mass is 278 g/mol. The number of halogens is 2. The predicted octanol–water partition coefficient (Wildman–Crippen LogP) is 3.09. The van der Waals surface area contributed by atoms with Crippen molar-refractivity contribution in [2.75, 3.05) is 19.0 Å². The van der Waals surface area contributed by atoms with Gasteiger partial charge in [-0.05, 0) is 29.8 Å². The number of methoxy groups -OCH3 is 1. The quantitative estimate of drug-likeness (QED) is 0.883. The molecule has 1 unspecified atom stereocenters. The van der Waals surface area contributed by atoms with Crippen LogP contribution in [0, 0.1) is 11.6 Å². The van der Waals surface area contributed by atoms with Crippen LogP contribution in [0.25, 0.3) is 0 Å². The van der Waals surface area contributed by atoms with Crippen LogP contribution >= 0.6 is 0 Å². The van der Waals surface area contributed by atoms with Crippen molar-refractivity contribution in [2.45, 2.75) is 6.04 Å². The molecule has 1 atom stereocenters. The second-order valence-corrected chi connectivity index (χ2v) is 4.33. The summed E-state index contributed by atoms with van der Waals surface area (Å²) in [5, 5.41) is 2.97. The maximum atomic E-state index is 13.8. The third-order valence-electron chi connectivity index (χ3n) is 2.99. The predicted molar refractivity (Wildman–Crippen MR) is 74.8 cm³/mol. The molecule has 3 N–H and O–H groups in total. The summed E-state index contributed by atoms with van der Waals surface area (Å²) in [7, 11) is 1.50. The van der Waals surface area contributed by atoms with Gasteiger partial charge in [-0.3, -0.25) is 0 Å². The normalized spacial score (nSPS) is 12.0. The molecule has 0 radical (unpaired) electrons. The summed E-state index contributed by atoms with van der Waals surface area (Å²) in [5.41, 5.74) is 6.61. The van der Waals surface area contributed by atoms with E-state index in [1.807, 2.05) is 0 Å². The van der Waals surface area contributed by atoms with Crippen LogP contribution in [0.4, 0.5) is 14.5 Å². The average molecular weight is 278 g/mol. The van der Waals surface area contributed by atoms with Crippen molar-refractivity contribution in [2.24, 2.45) is 5.73 Å². The average Bonchev–Trinajstić information content (AvgIpc) is 2.46. The summed E-state index contributed by atoms with van der Waals surface area (Å²) in [6.45, 7) is 0.208. The van der Waals surface area contributed by atoms with Gasteiger partial charge in [0.15, 0.2) is 0 Å². The Balaban J connectivity index is 2.26. The highest BCUT2D eigenvalue weighted by Gasteiger charge is 2.13. The van der Waals surface area contributed by atoms with Crippen LogP contribution in [0.5, 0.6) is 5.75 Å². The molecule has 2 aromatic carbocycles. The van der Waals surface area contributed by atoms with Crippen molar-refractivity contribution in [1.29, 1.82) is 0 Å². The summed E-state index contributed by atoms with van der Waals surface area (Å²) in [4.78, 5) is 0. The van der Waals surface area contributed by atoms with Gasteiger partial charge in [-0.25, -0.2) is 8.78 Å². The number of rotatable bonds is 5. The number of hydrogen-bond acceptors (Lipinski definition) is 3. The minimum atomic E-state index is -0.416. The SMILES string of the molecule is COc1ccc(F)c(NC(CN)c2cccc(F)c2)c1. The van der Waals surface area contributed by atoms with Crippen molar-refractivity contribution in [1.82, 2.24) is 0 Å². The maximum Gasteiger partial charge on any atom is 0.146 e. The Bertz CT molecular complexity index is 590. The Morgan fingerprint density at radius 3 is 2.65 bits per heavy atom. The Kier molecular flexibility index (Phi) is 4.53. The fraction of sp³-hybridized carbons (Fsp3) is 0.200. The first-order valence-corrected chi connectivity index (χ1v) is 6.19. The van der Waals surface area contributed by atoms with E-state index in [9.17, 15) is 8.78 Å². The zero-order chi connectivity index (χ0) is 14.5. The van der Waals surface area contributed by atoms with E-state index < -0.39 is 5.82 Å². The van der Waals surface area contributed by atoms with Gasteiger partial charge in [-0.15, -0.1) is 0 Å². The first-order valence-electron chi connectivity index (χ1n) is 6.19. The molecular formula is C15H16F2N2O. The van der Waals surface area contributed by atoms with Crippen LogP contribution < -0.4 is 15.8 Å². The van der Waals surface area contributed by atoms with Gasteiger partial charge in [0.1, 0.15) is 17.4 Å². The van der Waals surface area contributed by atoms with Gasteiger partial charge in [0.2, 0.25) is 0 Å². The van der Waals surface area contributed by atoms with E-state index >= 15 is 0 Å². The summed E-state index contributed by atoms with van der Waals surface area (Å²) in [5.74, 6) is -0.238. The highest BCUT2D eigenvalue weighted by Crippen LogP contribution is 2.25. The molecule has 0 fully saturated rings. The summed E-state index contributed by atoms with van der Waals surface area (Å²) in [6.07, 6.45) is 0. The zero-order valence-electron chi connectivity index (χ0n) is 11.1. The highest BCUT2D eigenvalue weighted by molar-refractivity contribution is 5.51. The van der Waals surface area contributed by atoms with Crippen LogP contribution in [0.15, 0.2) is 42.5 Å². The van der Waals surface area contributed by atoms with E-state index in [1.165, 1.54) is 37.4 Å². The Morgan fingerprint density at radius 2 is 2.00 bits per heavy atom. The van der Waals surface area contributed by atoms with Crippen LogP contribution in [-0.2, 0) is 0 Å². The molecule has 0 aromatic heterocycles. The fourth-order valence-electron chi connectivity index (χ4n) is 1.93. The smallest absolute Gasteiger partial charge is 0.146 e. The van der Waals surface area contributed by atoms with Gasteiger partial charge in [-0.2, -0.15) is 0 Å². The van der Waals surface area contributed by atoms with E-state index in [0.29, 0.717) is 11.3 Å². The van der Waals surface area contributed by atoms with E-state index in [2.05, 4.69) is 5.32 Å². The summed E-state index contributed by atoms with van der Waals surface area (Å²) >= 11 is 0. The molecule has 0 heterocycles. The minimum Gasteiger partial charge on any atom is -0.497 e. The Hall–Kier alpha value is -2.14. The number of benzene rings is 2. The molecule has 0 saturated heterocycles. The molecule has 0 aliphatic heterocycles. The van der Waals surface area contributed by atoms with Gasteiger partial charge >= 0.3 is 0 Å². The third-order valence-corrected chi connectivity index (χ3v) is 2.99. The first-order chi connectivity index (χ1) is 9.63. The molecule has 0 amide bonds. The second kappa shape index (κ2) is 6.34. The molecule has 3 nitrogen and oxygen atoms in total. The Labute approximate surface area is 116 Å². The topological polar surface area (TPSA) is 47.3 Å². The van der Waals surface area contributed by atoms with Gasteiger partial charge < -0.3 is 15.8 Å². The molecular weight excluding hydrogens is 262 g/mol. The lowest BCUT2D eigenvalue weighted by Crippen LogP contribution is -2.21. The molecule has 0 spiro atoms. The van der Waals surface area contributed by atoms with Crippen LogP contribution in [0.3, 0.4) is 0 Å². The summed E-state index contributed by atoms with van der Waals surface area (Å²) in [6, 6.07) is 10.1. The van der Waals surface area contributed by atoms with Gasteiger partial charge in [0.25, 0.3) is 0 Å². The van der Waals surface area contributed by atoms with Crippen LogP contribution in [0.1, 0.15) is 11.6 Å². The lowest BCUT2D eigenvalue weighted by Gasteiger charge is -2.19. The number of nitrogens with one attached hydrogen (secondary N) is 1. The molecule has 0 aliphatic carbocycles. The first kappa shape index (κ1) is 14.3. The van der Waals surface area contributed by atoms with Gasteiger partial charge in [-0.1, -0.05) is 12.1 Å². The van der Waals surface area contributed by atoms with Gasteiger partial charge in [0.05, 0.1) is 18.8 Å². The maximum absolute atomic E-state index is 13.8. The molecule has 5 heteroatoms. The largest absolute Gasteiger partial charge is 0.497 e. The van der Waals surface area contributed by atoms with E-state index in [-0.39, 0.29) is 24.1 Å².